The molecule has 0 amide bonds. The van der Waals surface area contributed by atoms with E-state index in [4.69, 9.17) is 4.65 Å². The van der Waals surface area contributed by atoms with Crippen LogP contribution in [-0.2, 0) is 17.8 Å². The lowest BCUT2D eigenvalue weighted by Gasteiger charge is -2.21. The van der Waals surface area contributed by atoms with Crippen LogP contribution < -0.4 is 10.8 Å². The molecule has 0 bridgehead atoms. The van der Waals surface area contributed by atoms with Gasteiger partial charge in [-0.15, -0.1) is 0 Å². The van der Waals surface area contributed by atoms with Gasteiger partial charge in [0.15, 0.2) is 0 Å². The molecule has 4 heteroatoms. The minimum Gasteiger partial charge on any atom is -0.423 e. The highest BCUT2D eigenvalue weighted by atomic mass is 16.5. The Morgan fingerprint density at radius 3 is 2.86 bits per heavy atom. The minimum atomic E-state index is -0.735. The number of fused-ring (bicyclic) bond motifs is 1. The van der Waals surface area contributed by atoms with E-state index in [0.717, 1.165) is 30.0 Å². The van der Waals surface area contributed by atoms with Gasteiger partial charge in [0.1, 0.15) is 0 Å². The van der Waals surface area contributed by atoms with Crippen molar-refractivity contribution in [2.24, 2.45) is 5.92 Å². The molecule has 2 aliphatic rings. The van der Waals surface area contributed by atoms with Gasteiger partial charge in [-0.3, -0.25) is 0 Å². The van der Waals surface area contributed by atoms with Gasteiger partial charge >= 0.3 is 7.12 Å². The fraction of sp³-hybridized carbons (Fsp3) is 0.647. The van der Waals surface area contributed by atoms with E-state index < -0.39 is 7.12 Å². The molecular weight excluding hydrogens is 261 g/mol. The van der Waals surface area contributed by atoms with Gasteiger partial charge in [-0.25, -0.2) is 0 Å². The maximum atomic E-state index is 9.87. The third-order valence-electron chi connectivity index (χ3n) is 4.70. The first-order chi connectivity index (χ1) is 9.84. The first kappa shape index (κ1) is 16.5. The molecular formula is C17H28BNO2. The lowest BCUT2D eigenvalue weighted by atomic mass is 9.76. The third kappa shape index (κ3) is 4.09. The van der Waals surface area contributed by atoms with Crippen molar-refractivity contribution < 1.29 is 9.68 Å². The molecule has 2 N–H and O–H groups in total. The largest absolute Gasteiger partial charge is 0.492 e. The second-order valence-corrected chi connectivity index (χ2v) is 6.12. The molecule has 1 saturated carbocycles. The zero-order valence-corrected chi connectivity index (χ0v) is 12.1. The maximum absolute atomic E-state index is 9.87. The molecule has 3 nitrogen and oxygen atoms in total. The smallest absolute Gasteiger partial charge is 0.423 e. The molecule has 116 valence electrons. The maximum Gasteiger partial charge on any atom is 0.492 e. The predicted octanol–water partition coefficient (Wildman–Crippen LogP) is 2.60. The standard InChI is InChI=1S/C16H24BNO2.CH4/c19-17-16-14(7-4-8-15(16)12-20-17)11-18-10-9-13-5-2-1-3-6-13;/h4,7-8,13,18-19H,1-3,5-6,9-12H2;1H4. The quantitative estimate of drug-likeness (QED) is 0.646. The predicted molar refractivity (Wildman–Crippen MR) is 88.5 cm³/mol. The van der Waals surface area contributed by atoms with Gasteiger partial charge in [-0.1, -0.05) is 57.7 Å². The van der Waals surface area contributed by atoms with Gasteiger partial charge in [-0.05, 0) is 35.5 Å². The summed E-state index contributed by atoms with van der Waals surface area (Å²) in [5.74, 6) is 0.923. The topological polar surface area (TPSA) is 41.5 Å². The highest BCUT2D eigenvalue weighted by Crippen LogP contribution is 2.25. The number of nitrogens with one attached hydrogen (secondary N) is 1. The number of hydrogen-bond donors (Lipinski definition) is 2. The van der Waals surface area contributed by atoms with Crippen molar-refractivity contribution in [3.63, 3.8) is 0 Å². The van der Waals surface area contributed by atoms with Gasteiger partial charge in [0.25, 0.3) is 0 Å². The van der Waals surface area contributed by atoms with Crippen LogP contribution in [-0.4, -0.2) is 18.7 Å². The highest BCUT2D eigenvalue weighted by molar-refractivity contribution is 6.62. The molecule has 0 atom stereocenters. The Morgan fingerprint density at radius 2 is 2.05 bits per heavy atom. The Balaban J connectivity index is 0.00000161. The lowest BCUT2D eigenvalue weighted by Crippen LogP contribution is -2.33. The molecule has 1 aliphatic heterocycles. The summed E-state index contributed by atoms with van der Waals surface area (Å²) in [5, 5.41) is 13.4. The Kier molecular flexibility index (Phi) is 6.28. The van der Waals surface area contributed by atoms with Crippen LogP contribution in [0.5, 0.6) is 0 Å². The summed E-state index contributed by atoms with van der Waals surface area (Å²) < 4.78 is 5.29. The summed E-state index contributed by atoms with van der Waals surface area (Å²) in [6, 6.07) is 6.18. The number of rotatable bonds is 5. The molecule has 1 fully saturated rings. The van der Waals surface area contributed by atoms with Crippen LogP contribution in [0.3, 0.4) is 0 Å². The first-order valence-corrected chi connectivity index (χ1v) is 7.95. The van der Waals surface area contributed by atoms with Gasteiger partial charge in [0.05, 0.1) is 6.61 Å². The van der Waals surface area contributed by atoms with E-state index >= 15 is 0 Å². The number of hydrogen-bond acceptors (Lipinski definition) is 3. The summed E-state index contributed by atoms with van der Waals surface area (Å²) in [4.78, 5) is 0. The Labute approximate surface area is 129 Å². The zero-order chi connectivity index (χ0) is 13.8. The SMILES string of the molecule is C.OB1OCc2cccc(CNCCC3CCCCC3)c21. The average molecular weight is 289 g/mol. The van der Waals surface area contributed by atoms with Crippen LogP contribution >= 0.6 is 0 Å². The molecule has 1 aliphatic carbocycles. The molecule has 1 heterocycles. The number of benzene rings is 1. The van der Waals surface area contributed by atoms with Crippen LogP contribution in [0.25, 0.3) is 0 Å². The second-order valence-electron chi connectivity index (χ2n) is 6.12. The van der Waals surface area contributed by atoms with Crippen molar-refractivity contribution in [3.8, 4) is 0 Å². The summed E-state index contributed by atoms with van der Waals surface area (Å²) >= 11 is 0. The van der Waals surface area contributed by atoms with Crippen LogP contribution in [0.15, 0.2) is 18.2 Å². The van der Waals surface area contributed by atoms with Crippen LogP contribution in [0.1, 0.15) is 57.1 Å². The molecule has 3 rings (SSSR count). The van der Waals surface area contributed by atoms with Crippen molar-refractivity contribution >= 4 is 12.6 Å². The Bertz CT molecular complexity index is 446. The average Bonchev–Trinajstić information content (AvgIpc) is 2.87. The van der Waals surface area contributed by atoms with E-state index in [1.165, 1.54) is 44.1 Å². The van der Waals surface area contributed by atoms with Crippen molar-refractivity contribution in [2.75, 3.05) is 6.54 Å². The molecule has 0 spiro atoms. The van der Waals surface area contributed by atoms with E-state index in [-0.39, 0.29) is 7.43 Å². The third-order valence-corrected chi connectivity index (χ3v) is 4.70. The Hall–Kier alpha value is -0.835. The monoisotopic (exact) mass is 289 g/mol. The van der Waals surface area contributed by atoms with E-state index in [2.05, 4.69) is 17.4 Å². The van der Waals surface area contributed by atoms with Crippen LogP contribution in [0.4, 0.5) is 0 Å². The molecule has 0 aromatic heterocycles. The Morgan fingerprint density at radius 1 is 1.24 bits per heavy atom. The van der Waals surface area contributed by atoms with Crippen molar-refractivity contribution in [2.45, 2.75) is 59.1 Å². The molecule has 0 saturated heterocycles. The molecule has 0 unspecified atom stereocenters. The van der Waals surface area contributed by atoms with Gasteiger partial charge in [-0.2, -0.15) is 0 Å². The summed E-state index contributed by atoms with van der Waals surface area (Å²) in [6.45, 7) is 2.44. The van der Waals surface area contributed by atoms with E-state index in [1.54, 1.807) is 0 Å². The summed E-state index contributed by atoms with van der Waals surface area (Å²) in [5.41, 5.74) is 3.29. The van der Waals surface area contributed by atoms with Crippen molar-refractivity contribution in [1.82, 2.24) is 5.32 Å². The van der Waals surface area contributed by atoms with Gasteiger partial charge in [0.2, 0.25) is 0 Å². The van der Waals surface area contributed by atoms with Gasteiger partial charge < -0.3 is 15.0 Å². The molecule has 21 heavy (non-hydrogen) atoms. The minimum absolute atomic E-state index is 0. The van der Waals surface area contributed by atoms with E-state index in [1.807, 2.05) is 6.07 Å². The zero-order valence-electron chi connectivity index (χ0n) is 12.1. The van der Waals surface area contributed by atoms with Gasteiger partial charge in [0, 0.05) is 6.54 Å². The highest BCUT2D eigenvalue weighted by Gasteiger charge is 2.29. The normalized spacial score (nSPS) is 18.4. The fourth-order valence-electron chi connectivity index (χ4n) is 3.52. The van der Waals surface area contributed by atoms with Crippen molar-refractivity contribution in [1.29, 1.82) is 0 Å². The lowest BCUT2D eigenvalue weighted by molar-refractivity contribution is 0.275. The molecule has 0 radical (unpaired) electrons. The van der Waals surface area contributed by atoms with E-state index in [0.29, 0.717) is 6.61 Å². The summed E-state index contributed by atoms with van der Waals surface area (Å²) in [7, 11) is -0.735. The molecule has 1 aromatic carbocycles. The van der Waals surface area contributed by atoms with E-state index in [9.17, 15) is 5.02 Å². The van der Waals surface area contributed by atoms with Crippen LogP contribution in [0, 0.1) is 5.92 Å². The van der Waals surface area contributed by atoms with Crippen LogP contribution in [0.2, 0.25) is 0 Å². The first-order valence-electron chi connectivity index (χ1n) is 7.95. The van der Waals surface area contributed by atoms with Crippen molar-refractivity contribution in [3.05, 3.63) is 29.3 Å². The molecule has 1 aromatic rings. The fourth-order valence-corrected chi connectivity index (χ4v) is 3.52. The summed E-state index contributed by atoms with van der Waals surface area (Å²) in [6.07, 6.45) is 8.37. The second kappa shape index (κ2) is 7.97.